The van der Waals surface area contributed by atoms with Crippen molar-refractivity contribution in [3.8, 4) is 0 Å². The van der Waals surface area contributed by atoms with Crippen molar-refractivity contribution < 1.29 is 0 Å². The fraction of sp³-hybridized carbons (Fsp3) is 0.353. The molecule has 3 heteroatoms. The predicted molar refractivity (Wildman–Crippen MR) is 84.3 cm³/mol. The van der Waals surface area contributed by atoms with E-state index in [-0.39, 0.29) is 0 Å². The van der Waals surface area contributed by atoms with Crippen molar-refractivity contribution in [2.75, 3.05) is 23.3 Å². The molecule has 0 spiro atoms. The maximum absolute atomic E-state index is 4.43. The number of rotatable bonds is 3. The Labute approximate surface area is 120 Å². The first-order chi connectivity index (χ1) is 9.81. The van der Waals surface area contributed by atoms with Gasteiger partial charge in [-0.25, -0.2) is 4.98 Å². The van der Waals surface area contributed by atoms with Gasteiger partial charge in [0.15, 0.2) is 0 Å². The van der Waals surface area contributed by atoms with Crippen LogP contribution in [-0.2, 0) is 0 Å². The van der Waals surface area contributed by atoms with Gasteiger partial charge in [0.2, 0.25) is 0 Å². The summed E-state index contributed by atoms with van der Waals surface area (Å²) in [5, 5.41) is 3.65. The molecule has 1 saturated heterocycles. The third-order valence-corrected chi connectivity index (χ3v) is 3.86. The first kappa shape index (κ1) is 13.0. The van der Waals surface area contributed by atoms with Crippen LogP contribution in [0.25, 0.3) is 0 Å². The average molecular weight is 267 g/mol. The van der Waals surface area contributed by atoms with E-state index >= 15 is 0 Å². The Morgan fingerprint density at radius 1 is 1.10 bits per heavy atom. The Bertz CT molecular complexity index is 545. The smallest absolute Gasteiger partial charge is 0.128 e. The summed E-state index contributed by atoms with van der Waals surface area (Å²) in [6.07, 6.45) is 4.18. The second-order valence-electron chi connectivity index (χ2n) is 5.46. The van der Waals surface area contributed by atoms with Gasteiger partial charge in [-0.15, -0.1) is 0 Å². The molecule has 3 nitrogen and oxygen atoms in total. The van der Waals surface area contributed by atoms with E-state index in [9.17, 15) is 0 Å². The van der Waals surface area contributed by atoms with Gasteiger partial charge in [0.05, 0.1) is 0 Å². The van der Waals surface area contributed by atoms with Crippen LogP contribution in [0.5, 0.6) is 0 Å². The van der Waals surface area contributed by atoms with Crippen LogP contribution < -0.4 is 10.2 Å². The van der Waals surface area contributed by atoms with Crippen molar-refractivity contribution >= 4 is 11.5 Å². The number of aryl methyl sites for hydroxylation is 1. The topological polar surface area (TPSA) is 28.2 Å². The first-order valence-electron chi connectivity index (χ1n) is 7.30. The van der Waals surface area contributed by atoms with E-state index in [0.29, 0.717) is 6.04 Å². The SMILES string of the molecule is Cc1cccc(NC2CCN(c3ccccn3)CC2)c1. The Kier molecular flexibility index (Phi) is 3.86. The molecule has 0 aliphatic carbocycles. The maximum Gasteiger partial charge on any atom is 0.128 e. The molecule has 104 valence electrons. The number of piperidine rings is 1. The van der Waals surface area contributed by atoms with Crippen molar-refractivity contribution in [2.24, 2.45) is 0 Å². The molecule has 0 radical (unpaired) electrons. The lowest BCUT2D eigenvalue weighted by molar-refractivity contribution is 0.523. The number of anilines is 2. The summed E-state index contributed by atoms with van der Waals surface area (Å²) in [7, 11) is 0. The molecule has 0 bridgehead atoms. The number of pyridine rings is 1. The monoisotopic (exact) mass is 267 g/mol. The summed E-state index contributed by atoms with van der Waals surface area (Å²) in [5.41, 5.74) is 2.54. The van der Waals surface area contributed by atoms with E-state index in [0.717, 1.165) is 31.7 Å². The van der Waals surface area contributed by atoms with Crippen LogP contribution in [0.2, 0.25) is 0 Å². The highest BCUT2D eigenvalue weighted by Gasteiger charge is 2.19. The largest absolute Gasteiger partial charge is 0.382 e. The minimum atomic E-state index is 0.566. The van der Waals surface area contributed by atoms with Crippen LogP contribution in [0.4, 0.5) is 11.5 Å². The highest BCUT2D eigenvalue weighted by molar-refractivity contribution is 5.47. The summed E-state index contributed by atoms with van der Waals surface area (Å²) < 4.78 is 0. The third kappa shape index (κ3) is 3.10. The van der Waals surface area contributed by atoms with Gasteiger partial charge in [0.1, 0.15) is 5.82 Å². The van der Waals surface area contributed by atoms with Gasteiger partial charge < -0.3 is 10.2 Å². The van der Waals surface area contributed by atoms with Crippen molar-refractivity contribution in [1.29, 1.82) is 0 Å². The minimum absolute atomic E-state index is 0.566. The summed E-state index contributed by atoms with van der Waals surface area (Å²) in [4.78, 5) is 6.80. The molecular formula is C17H21N3. The van der Waals surface area contributed by atoms with Gasteiger partial charge in [-0.3, -0.25) is 0 Å². The summed E-state index contributed by atoms with van der Waals surface area (Å²) in [6.45, 7) is 4.27. The fourth-order valence-corrected chi connectivity index (χ4v) is 2.76. The van der Waals surface area contributed by atoms with E-state index in [1.54, 1.807) is 0 Å². The molecule has 0 unspecified atom stereocenters. The molecule has 0 amide bonds. The summed E-state index contributed by atoms with van der Waals surface area (Å²) in [5.74, 6) is 1.10. The molecular weight excluding hydrogens is 246 g/mol. The fourth-order valence-electron chi connectivity index (χ4n) is 2.76. The van der Waals surface area contributed by atoms with E-state index in [4.69, 9.17) is 0 Å². The van der Waals surface area contributed by atoms with Gasteiger partial charge in [-0.05, 0) is 49.6 Å². The van der Waals surface area contributed by atoms with Crippen molar-refractivity contribution in [2.45, 2.75) is 25.8 Å². The van der Waals surface area contributed by atoms with Crippen molar-refractivity contribution in [1.82, 2.24) is 4.98 Å². The van der Waals surface area contributed by atoms with Crippen LogP contribution in [0.3, 0.4) is 0 Å². The van der Waals surface area contributed by atoms with Gasteiger partial charge >= 0.3 is 0 Å². The number of hydrogen-bond acceptors (Lipinski definition) is 3. The summed E-state index contributed by atoms with van der Waals surface area (Å²) in [6, 6.07) is 15.3. The molecule has 1 N–H and O–H groups in total. The van der Waals surface area contributed by atoms with Crippen molar-refractivity contribution in [3.05, 3.63) is 54.2 Å². The van der Waals surface area contributed by atoms with Crippen molar-refractivity contribution in [3.63, 3.8) is 0 Å². The molecule has 1 fully saturated rings. The predicted octanol–water partition coefficient (Wildman–Crippen LogP) is 3.47. The van der Waals surface area contributed by atoms with Gasteiger partial charge in [-0.1, -0.05) is 18.2 Å². The zero-order valence-electron chi connectivity index (χ0n) is 11.9. The zero-order chi connectivity index (χ0) is 13.8. The Morgan fingerprint density at radius 2 is 1.95 bits per heavy atom. The molecule has 2 aromatic rings. The second kappa shape index (κ2) is 5.95. The molecule has 1 aromatic heterocycles. The molecule has 20 heavy (non-hydrogen) atoms. The number of aromatic nitrogens is 1. The summed E-state index contributed by atoms with van der Waals surface area (Å²) >= 11 is 0. The quantitative estimate of drug-likeness (QED) is 0.923. The molecule has 2 heterocycles. The molecule has 1 aromatic carbocycles. The maximum atomic E-state index is 4.43. The second-order valence-corrected chi connectivity index (χ2v) is 5.46. The Morgan fingerprint density at radius 3 is 2.65 bits per heavy atom. The van der Waals surface area contributed by atoms with Crippen LogP contribution in [0, 0.1) is 6.92 Å². The van der Waals surface area contributed by atoms with Crippen LogP contribution >= 0.6 is 0 Å². The number of benzene rings is 1. The Balaban J connectivity index is 1.56. The molecule has 3 rings (SSSR count). The van der Waals surface area contributed by atoms with E-state index in [1.807, 2.05) is 12.3 Å². The van der Waals surface area contributed by atoms with Crippen LogP contribution in [-0.4, -0.2) is 24.1 Å². The van der Waals surface area contributed by atoms with Gasteiger partial charge in [0.25, 0.3) is 0 Å². The standard InChI is InChI=1S/C17H21N3/c1-14-5-4-6-16(13-14)19-15-8-11-20(12-9-15)17-7-2-3-10-18-17/h2-7,10,13,15,19H,8-9,11-12H2,1H3. The molecule has 1 aliphatic rings. The number of nitrogens with one attached hydrogen (secondary N) is 1. The van der Waals surface area contributed by atoms with Gasteiger partial charge in [-0.2, -0.15) is 0 Å². The minimum Gasteiger partial charge on any atom is -0.382 e. The normalized spacial score (nSPS) is 16.1. The van der Waals surface area contributed by atoms with Crippen LogP contribution in [0.1, 0.15) is 18.4 Å². The van der Waals surface area contributed by atoms with E-state index < -0.39 is 0 Å². The Hall–Kier alpha value is -2.03. The third-order valence-electron chi connectivity index (χ3n) is 3.86. The molecule has 0 saturated carbocycles. The van der Waals surface area contributed by atoms with Crippen LogP contribution in [0.15, 0.2) is 48.7 Å². The molecule has 1 aliphatic heterocycles. The average Bonchev–Trinajstić information content (AvgIpc) is 2.49. The molecule has 0 atom stereocenters. The van der Waals surface area contributed by atoms with E-state index in [2.05, 4.69) is 58.5 Å². The highest BCUT2D eigenvalue weighted by Crippen LogP contribution is 2.20. The van der Waals surface area contributed by atoms with E-state index in [1.165, 1.54) is 11.3 Å². The lowest BCUT2D eigenvalue weighted by atomic mass is 10.0. The zero-order valence-corrected chi connectivity index (χ0v) is 11.9. The lowest BCUT2D eigenvalue weighted by Gasteiger charge is -2.33. The number of hydrogen-bond donors (Lipinski definition) is 1. The number of nitrogens with zero attached hydrogens (tertiary/aromatic N) is 2. The van der Waals surface area contributed by atoms with Gasteiger partial charge in [0, 0.05) is 31.0 Å². The highest BCUT2D eigenvalue weighted by atomic mass is 15.2. The lowest BCUT2D eigenvalue weighted by Crippen LogP contribution is -2.39. The first-order valence-corrected chi connectivity index (χ1v) is 7.30.